The van der Waals surface area contributed by atoms with E-state index in [0.29, 0.717) is 25.7 Å². The minimum absolute atomic E-state index is 0.106. The number of hydrogen-bond donors (Lipinski definition) is 2. The van der Waals surface area contributed by atoms with Gasteiger partial charge in [-0.1, -0.05) is 0 Å². The first-order valence-corrected chi connectivity index (χ1v) is 9.41. The molecule has 0 atom stereocenters. The number of halogens is 4. The van der Waals surface area contributed by atoms with Crippen molar-refractivity contribution >= 4 is 0 Å². The lowest BCUT2D eigenvalue weighted by Crippen LogP contribution is -2.34. The van der Waals surface area contributed by atoms with Crippen molar-refractivity contribution in [2.75, 3.05) is 26.2 Å². The highest BCUT2D eigenvalue weighted by atomic mass is 19.3. The van der Waals surface area contributed by atoms with E-state index in [9.17, 15) is 17.6 Å². The van der Waals surface area contributed by atoms with Gasteiger partial charge in [-0.2, -0.15) is 0 Å². The minimum Gasteiger partial charge on any atom is -0.316 e. The van der Waals surface area contributed by atoms with Crippen LogP contribution < -0.4 is 10.6 Å². The quantitative estimate of drug-likeness (QED) is 0.635. The van der Waals surface area contributed by atoms with Crippen LogP contribution in [0.4, 0.5) is 17.6 Å². The zero-order valence-corrected chi connectivity index (χ0v) is 14.4. The molecular weight excluding hydrogens is 320 g/mol. The highest BCUT2D eigenvalue weighted by Gasteiger charge is 2.45. The van der Waals surface area contributed by atoms with E-state index in [0.717, 1.165) is 39.0 Å². The van der Waals surface area contributed by atoms with Crippen LogP contribution in [0, 0.1) is 10.8 Å². The van der Waals surface area contributed by atoms with Crippen molar-refractivity contribution in [3.8, 4) is 0 Å². The Balaban J connectivity index is 0.000000141. The summed E-state index contributed by atoms with van der Waals surface area (Å²) in [6.45, 7) is 3.96. The fraction of sp³-hybridized carbons (Fsp3) is 1.00. The summed E-state index contributed by atoms with van der Waals surface area (Å²) in [6, 6.07) is 0. The topological polar surface area (TPSA) is 24.1 Å². The summed E-state index contributed by atoms with van der Waals surface area (Å²) in [5, 5.41) is 6.53. The lowest BCUT2D eigenvalue weighted by Gasteiger charge is -2.36. The Bertz CT molecular complexity index is 363. The van der Waals surface area contributed by atoms with E-state index in [1.54, 1.807) is 0 Å². The largest absolute Gasteiger partial charge is 0.316 e. The van der Waals surface area contributed by atoms with Crippen molar-refractivity contribution in [3.05, 3.63) is 0 Å². The van der Waals surface area contributed by atoms with Crippen LogP contribution in [0.25, 0.3) is 0 Å². The van der Waals surface area contributed by atoms with Crippen LogP contribution in [0.5, 0.6) is 0 Å². The number of alkyl halides is 4. The Kier molecular flexibility index (Phi) is 5.18. The molecule has 4 aliphatic rings. The average Bonchev–Trinajstić information content (AvgIpc) is 3.18. The third-order valence-electron chi connectivity index (χ3n) is 6.75. The van der Waals surface area contributed by atoms with E-state index >= 15 is 0 Å². The molecule has 2 heterocycles. The second kappa shape index (κ2) is 6.75. The Morgan fingerprint density at radius 1 is 0.458 bits per heavy atom. The Labute approximate surface area is 142 Å². The molecule has 0 amide bonds. The van der Waals surface area contributed by atoms with Crippen molar-refractivity contribution < 1.29 is 17.6 Å². The first-order valence-electron chi connectivity index (χ1n) is 9.41. The molecular formula is C18H30F4N2. The number of rotatable bonds is 0. The predicted molar refractivity (Wildman–Crippen MR) is 86.7 cm³/mol. The molecule has 0 radical (unpaired) electrons. The fourth-order valence-corrected chi connectivity index (χ4v) is 4.74. The van der Waals surface area contributed by atoms with Crippen LogP contribution in [0.1, 0.15) is 64.2 Å². The summed E-state index contributed by atoms with van der Waals surface area (Å²) in [5.41, 5.74) is 0.476. The van der Waals surface area contributed by atoms with Gasteiger partial charge in [-0.05, 0) is 62.4 Å². The molecule has 2 aliphatic carbocycles. The van der Waals surface area contributed by atoms with Crippen molar-refractivity contribution in [1.82, 2.24) is 10.6 Å². The van der Waals surface area contributed by atoms with Gasteiger partial charge >= 0.3 is 0 Å². The lowest BCUT2D eigenvalue weighted by atomic mass is 9.72. The molecule has 2 saturated heterocycles. The van der Waals surface area contributed by atoms with Crippen LogP contribution in [0.2, 0.25) is 0 Å². The fourth-order valence-electron chi connectivity index (χ4n) is 4.74. The number of hydrogen-bond acceptors (Lipinski definition) is 2. The van der Waals surface area contributed by atoms with Gasteiger partial charge in [0.1, 0.15) is 0 Å². The van der Waals surface area contributed by atoms with Crippen molar-refractivity contribution in [2.24, 2.45) is 10.8 Å². The molecule has 2 aliphatic heterocycles. The summed E-state index contributed by atoms with van der Waals surface area (Å²) < 4.78 is 51.3. The second-order valence-corrected chi connectivity index (χ2v) is 8.57. The monoisotopic (exact) mass is 350 g/mol. The normalized spacial score (nSPS) is 32.5. The molecule has 140 valence electrons. The first-order chi connectivity index (χ1) is 11.2. The van der Waals surface area contributed by atoms with E-state index in [2.05, 4.69) is 10.6 Å². The summed E-state index contributed by atoms with van der Waals surface area (Å²) in [6.07, 6.45) is 5.48. The van der Waals surface area contributed by atoms with E-state index in [4.69, 9.17) is 0 Å². The lowest BCUT2D eigenvalue weighted by molar-refractivity contribution is -0.0634. The highest BCUT2D eigenvalue weighted by molar-refractivity contribution is 4.94. The van der Waals surface area contributed by atoms with Crippen LogP contribution in [-0.2, 0) is 0 Å². The molecule has 24 heavy (non-hydrogen) atoms. The zero-order chi connectivity index (χ0) is 17.3. The maximum atomic E-state index is 12.8. The zero-order valence-electron chi connectivity index (χ0n) is 14.4. The van der Waals surface area contributed by atoms with Gasteiger partial charge in [0.2, 0.25) is 11.8 Å². The van der Waals surface area contributed by atoms with Crippen molar-refractivity contribution in [1.29, 1.82) is 0 Å². The molecule has 0 aromatic carbocycles. The van der Waals surface area contributed by atoms with Gasteiger partial charge < -0.3 is 10.6 Å². The second-order valence-electron chi connectivity index (χ2n) is 8.57. The number of nitrogens with one attached hydrogen (secondary N) is 2. The van der Waals surface area contributed by atoms with Crippen molar-refractivity contribution in [3.63, 3.8) is 0 Å². The maximum Gasteiger partial charge on any atom is 0.248 e. The molecule has 0 bridgehead atoms. The van der Waals surface area contributed by atoms with E-state index in [-0.39, 0.29) is 36.5 Å². The molecule has 2 saturated carbocycles. The van der Waals surface area contributed by atoms with Crippen LogP contribution in [0.15, 0.2) is 0 Å². The smallest absolute Gasteiger partial charge is 0.248 e. The summed E-state index contributed by atoms with van der Waals surface area (Å²) in [4.78, 5) is 0. The van der Waals surface area contributed by atoms with Gasteiger partial charge in [0.25, 0.3) is 0 Å². The SMILES string of the molecule is FC1(F)CCC2(CCNC2)CC1.FC1(F)CCC2(CCNC2)CC1. The van der Waals surface area contributed by atoms with Crippen molar-refractivity contribution in [2.45, 2.75) is 76.1 Å². The van der Waals surface area contributed by atoms with E-state index < -0.39 is 11.8 Å². The molecule has 2 N–H and O–H groups in total. The molecule has 0 unspecified atom stereocenters. The van der Waals surface area contributed by atoms with Crippen LogP contribution in [-0.4, -0.2) is 38.0 Å². The minimum atomic E-state index is -2.37. The van der Waals surface area contributed by atoms with Gasteiger partial charge in [-0.15, -0.1) is 0 Å². The molecule has 2 nitrogen and oxygen atoms in total. The van der Waals surface area contributed by atoms with Gasteiger partial charge in [0.05, 0.1) is 0 Å². The summed E-state index contributed by atoms with van der Waals surface area (Å²) >= 11 is 0. The Hall–Kier alpha value is -0.360. The third kappa shape index (κ3) is 4.43. The van der Waals surface area contributed by atoms with Crippen LogP contribution in [0.3, 0.4) is 0 Å². The molecule has 2 spiro atoms. The Morgan fingerprint density at radius 3 is 1.04 bits per heavy atom. The van der Waals surface area contributed by atoms with Gasteiger partial charge in [-0.25, -0.2) is 17.6 Å². The summed E-state index contributed by atoms with van der Waals surface area (Å²) in [5.74, 6) is -4.73. The standard InChI is InChI=1S/2C9H15F2N/c2*10-9(11)3-1-8(2-4-9)5-6-12-7-8/h2*12H,1-7H2. The molecule has 4 rings (SSSR count). The molecule has 6 heteroatoms. The van der Waals surface area contributed by atoms with E-state index in [1.165, 1.54) is 0 Å². The first kappa shape index (κ1) is 18.4. The van der Waals surface area contributed by atoms with Crippen LogP contribution >= 0.6 is 0 Å². The van der Waals surface area contributed by atoms with Gasteiger partial charge in [0, 0.05) is 38.8 Å². The average molecular weight is 350 g/mol. The van der Waals surface area contributed by atoms with E-state index in [1.807, 2.05) is 0 Å². The summed E-state index contributed by atoms with van der Waals surface area (Å²) in [7, 11) is 0. The van der Waals surface area contributed by atoms with Gasteiger partial charge in [0.15, 0.2) is 0 Å². The predicted octanol–water partition coefficient (Wildman–Crippen LogP) is 4.35. The maximum absolute atomic E-state index is 12.8. The molecule has 0 aromatic heterocycles. The molecule has 4 fully saturated rings. The third-order valence-corrected chi connectivity index (χ3v) is 6.75. The molecule has 0 aromatic rings. The van der Waals surface area contributed by atoms with Gasteiger partial charge in [-0.3, -0.25) is 0 Å². The highest BCUT2D eigenvalue weighted by Crippen LogP contribution is 2.47. The Morgan fingerprint density at radius 2 is 0.792 bits per heavy atom.